The predicted molar refractivity (Wildman–Crippen MR) is 83.0 cm³/mol. The molecule has 1 heterocycles. The molecule has 0 fully saturated rings. The average molecular weight is 285 g/mol. The molecule has 0 bridgehead atoms. The first kappa shape index (κ1) is 15.2. The van der Waals surface area contributed by atoms with Crippen LogP contribution in [0, 0.1) is 0 Å². The fourth-order valence-electron chi connectivity index (χ4n) is 2.37. The fourth-order valence-corrected chi connectivity index (χ4v) is 2.37. The molecule has 0 unspecified atom stereocenters. The summed E-state index contributed by atoms with van der Waals surface area (Å²) < 4.78 is 11.5. The zero-order valence-corrected chi connectivity index (χ0v) is 12.0. The highest BCUT2D eigenvalue weighted by Crippen LogP contribution is 2.43. The molecule has 4 heteroatoms. The molecule has 0 aromatic heterocycles. The van der Waals surface area contributed by atoms with Crippen LogP contribution in [0.3, 0.4) is 0 Å². The highest BCUT2D eigenvalue weighted by Gasteiger charge is 2.53. The molecule has 1 amide bonds. The lowest BCUT2D eigenvalue weighted by Gasteiger charge is -2.28. The summed E-state index contributed by atoms with van der Waals surface area (Å²) >= 11 is 0. The first-order valence-electron chi connectivity index (χ1n) is 6.73. The lowest BCUT2D eigenvalue weighted by atomic mass is 10.1. The van der Waals surface area contributed by atoms with Gasteiger partial charge in [0.25, 0.3) is 11.7 Å². The largest absolute Gasteiger partial charge is 0.334 e. The van der Waals surface area contributed by atoms with E-state index in [1.807, 2.05) is 24.3 Å². The van der Waals surface area contributed by atoms with Crippen LogP contribution in [0.1, 0.15) is 5.56 Å². The molecule has 0 atom stereocenters. The van der Waals surface area contributed by atoms with Crippen LogP contribution in [0.15, 0.2) is 62.2 Å². The highest BCUT2D eigenvalue weighted by atomic mass is 16.7. The molecule has 0 radical (unpaired) electrons. The second kappa shape index (κ2) is 6.52. The van der Waals surface area contributed by atoms with Gasteiger partial charge in [-0.15, -0.1) is 19.7 Å². The summed E-state index contributed by atoms with van der Waals surface area (Å²) in [4.78, 5) is 14.5. The Bertz CT molecular complexity index is 553. The van der Waals surface area contributed by atoms with Gasteiger partial charge in [-0.3, -0.25) is 4.79 Å². The Labute approximate surface area is 125 Å². The second-order valence-corrected chi connectivity index (χ2v) is 4.54. The highest BCUT2D eigenvalue weighted by molar-refractivity contribution is 6.06. The molecule has 0 aliphatic carbocycles. The summed E-state index contributed by atoms with van der Waals surface area (Å²) in [6.07, 6.45) is 4.85. The van der Waals surface area contributed by atoms with E-state index < -0.39 is 5.79 Å². The van der Waals surface area contributed by atoms with Crippen molar-refractivity contribution < 1.29 is 14.3 Å². The van der Waals surface area contributed by atoms with Crippen LogP contribution in [-0.4, -0.2) is 25.7 Å². The maximum absolute atomic E-state index is 12.8. The predicted octanol–water partition coefficient (Wildman–Crippen LogP) is 2.78. The molecular formula is C17H19NO3. The summed E-state index contributed by atoms with van der Waals surface area (Å²) in [7, 11) is 0. The van der Waals surface area contributed by atoms with E-state index in [0.29, 0.717) is 12.1 Å². The van der Waals surface area contributed by atoms with Gasteiger partial charge < -0.3 is 14.4 Å². The number of rotatable bonds is 8. The van der Waals surface area contributed by atoms with E-state index in [1.54, 1.807) is 23.1 Å². The lowest BCUT2D eigenvalue weighted by Crippen LogP contribution is -2.44. The van der Waals surface area contributed by atoms with Gasteiger partial charge in [-0.05, 0) is 6.07 Å². The molecule has 2 rings (SSSR count). The van der Waals surface area contributed by atoms with Crippen molar-refractivity contribution in [3.05, 3.63) is 67.8 Å². The summed E-state index contributed by atoms with van der Waals surface area (Å²) in [6.45, 7) is 11.8. The van der Waals surface area contributed by atoms with E-state index in [0.717, 1.165) is 5.69 Å². The average Bonchev–Trinajstić information content (AvgIpc) is 2.74. The maximum atomic E-state index is 12.8. The minimum atomic E-state index is -1.44. The minimum Gasteiger partial charge on any atom is -0.334 e. The van der Waals surface area contributed by atoms with Crippen LogP contribution in [0.4, 0.5) is 5.69 Å². The molecule has 0 N–H and O–H groups in total. The van der Waals surface area contributed by atoms with E-state index in [4.69, 9.17) is 9.47 Å². The van der Waals surface area contributed by atoms with Gasteiger partial charge in [-0.1, -0.05) is 36.4 Å². The molecule has 4 nitrogen and oxygen atoms in total. The number of benzene rings is 1. The first-order valence-corrected chi connectivity index (χ1v) is 6.73. The van der Waals surface area contributed by atoms with Gasteiger partial charge in [-0.25, -0.2) is 0 Å². The van der Waals surface area contributed by atoms with Gasteiger partial charge in [0.1, 0.15) is 0 Å². The van der Waals surface area contributed by atoms with E-state index in [9.17, 15) is 4.79 Å². The standard InChI is InChI=1S/C17H19NO3/c1-4-11-18-15-10-8-7-9-14(15)17(16(18)19,20-12-5-2)21-13-6-3/h4-10H,1-3,11-13H2. The molecular weight excluding hydrogens is 266 g/mol. The Morgan fingerprint density at radius 2 is 1.67 bits per heavy atom. The number of hydrogen-bond donors (Lipinski definition) is 0. The molecule has 0 saturated carbocycles. The number of ether oxygens (including phenoxy) is 2. The van der Waals surface area contributed by atoms with Crippen LogP contribution < -0.4 is 4.90 Å². The quantitative estimate of drug-likeness (QED) is 0.544. The van der Waals surface area contributed by atoms with Crippen molar-refractivity contribution in [3.63, 3.8) is 0 Å². The zero-order chi connectivity index (χ0) is 15.3. The number of anilines is 1. The van der Waals surface area contributed by atoms with Crippen molar-refractivity contribution in [2.24, 2.45) is 0 Å². The molecule has 1 aromatic rings. The summed E-state index contributed by atoms with van der Waals surface area (Å²) in [6, 6.07) is 7.43. The van der Waals surface area contributed by atoms with Crippen LogP contribution >= 0.6 is 0 Å². The number of amides is 1. The van der Waals surface area contributed by atoms with Crippen molar-refractivity contribution in [3.8, 4) is 0 Å². The third-order valence-electron chi connectivity index (χ3n) is 3.20. The third kappa shape index (κ3) is 2.55. The normalized spacial score (nSPS) is 15.6. The maximum Gasteiger partial charge on any atom is 0.292 e. The smallest absolute Gasteiger partial charge is 0.292 e. The Morgan fingerprint density at radius 3 is 2.24 bits per heavy atom. The number of para-hydroxylation sites is 1. The SMILES string of the molecule is C=CCOC1(OCC=C)C(=O)N(CC=C)c2ccccc21. The number of hydrogen-bond acceptors (Lipinski definition) is 3. The topological polar surface area (TPSA) is 38.8 Å². The van der Waals surface area contributed by atoms with Gasteiger partial charge in [-0.2, -0.15) is 0 Å². The number of carbonyl (C=O) groups is 1. The van der Waals surface area contributed by atoms with Gasteiger partial charge >= 0.3 is 0 Å². The van der Waals surface area contributed by atoms with Crippen molar-refractivity contribution in [1.82, 2.24) is 0 Å². The Hall–Kier alpha value is -2.17. The summed E-state index contributed by atoms with van der Waals surface area (Å²) in [5.41, 5.74) is 1.47. The summed E-state index contributed by atoms with van der Waals surface area (Å²) in [5.74, 6) is -1.70. The molecule has 1 aliphatic rings. The van der Waals surface area contributed by atoms with Crippen molar-refractivity contribution in [1.29, 1.82) is 0 Å². The number of fused-ring (bicyclic) bond motifs is 1. The molecule has 1 aromatic carbocycles. The molecule has 0 saturated heterocycles. The van der Waals surface area contributed by atoms with E-state index in [1.165, 1.54) is 0 Å². The van der Waals surface area contributed by atoms with Gasteiger partial charge in [0.05, 0.1) is 18.9 Å². The van der Waals surface area contributed by atoms with E-state index in [2.05, 4.69) is 19.7 Å². The second-order valence-electron chi connectivity index (χ2n) is 4.54. The Morgan fingerprint density at radius 1 is 1.05 bits per heavy atom. The monoisotopic (exact) mass is 285 g/mol. The first-order chi connectivity index (χ1) is 10.2. The fraction of sp³-hybridized carbons (Fsp3) is 0.235. The summed E-state index contributed by atoms with van der Waals surface area (Å²) in [5, 5.41) is 0. The molecule has 110 valence electrons. The van der Waals surface area contributed by atoms with Crippen LogP contribution in [0.25, 0.3) is 0 Å². The van der Waals surface area contributed by atoms with Crippen molar-refractivity contribution in [2.45, 2.75) is 5.79 Å². The van der Waals surface area contributed by atoms with E-state index in [-0.39, 0.29) is 19.1 Å². The van der Waals surface area contributed by atoms with Crippen LogP contribution in [0.5, 0.6) is 0 Å². The van der Waals surface area contributed by atoms with Gasteiger partial charge in [0.2, 0.25) is 0 Å². The van der Waals surface area contributed by atoms with Crippen molar-refractivity contribution >= 4 is 11.6 Å². The molecule has 1 aliphatic heterocycles. The number of carbonyl (C=O) groups excluding carboxylic acids is 1. The van der Waals surface area contributed by atoms with Gasteiger partial charge in [0, 0.05) is 12.1 Å². The third-order valence-corrected chi connectivity index (χ3v) is 3.20. The Kier molecular flexibility index (Phi) is 4.73. The lowest BCUT2D eigenvalue weighted by molar-refractivity contribution is -0.223. The minimum absolute atomic E-state index is 0.207. The van der Waals surface area contributed by atoms with Crippen LogP contribution in [0.2, 0.25) is 0 Å². The number of nitrogens with zero attached hydrogens (tertiary/aromatic N) is 1. The van der Waals surface area contributed by atoms with Crippen molar-refractivity contribution in [2.75, 3.05) is 24.7 Å². The van der Waals surface area contributed by atoms with E-state index >= 15 is 0 Å². The zero-order valence-electron chi connectivity index (χ0n) is 12.0. The van der Waals surface area contributed by atoms with Gasteiger partial charge in [0.15, 0.2) is 0 Å². The molecule has 0 spiro atoms. The molecule has 21 heavy (non-hydrogen) atoms. The Balaban J connectivity index is 2.51. The van der Waals surface area contributed by atoms with Crippen LogP contribution in [-0.2, 0) is 20.1 Å².